The van der Waals surface area contributed by atoms with Crippen LogP contribution in [0.1, 0.15) is 11.1 Å². The maximum absolute atomic E-state index is 12.4. The smallest absolute Gasteiger partial charge is 0.399 e. The highest BCUT2D eigenvalue weighted by atomic mass is 32.2. The van der Waals surface area contributed by atoms with Crippen LogP contribution in [0.15, 0.2) is 52.2 Å². The van der Waals surface area contributed by atoms with Gasteiger partial charge in [0, 0.05) is 10.6 Å². The van der Waals surface area contributed by atoms with Gasteiger partial charge in [-0.25, -0.2) is 4.79 Å². The number of nitrogens with two attached hydrogens (primary N) is 1. The Kier molecular flexibility index (Phi) is 4.77. The quantitative estimate of drug-likeness (QED) is 0.555. The summed E-state index contributed by atoms with van der Waals surface area (Å²) in [5, 5.41) is 7.61. The molecular formula is C16H14F3N5OS. The lowest BCUT2D eigenvalue weighted by atomic mass is 10.1. The molecule has 2 N–H and O–H groups in total. The summed E-state index contributed by atoms with van der Waals surface area (Å²) in [6.45, 7) is 2.07. The summed E-state index contributed by atoms with van der Waals surface area (Å²) in [7, 11) is 0. The van der Waals surface area contributed by atoms with Crippen molar-refractivity contribution in [2.45, 2.75) is 23.9 Å². The molecule has 3 rings (SSSR count). The van der Waals surface area contributed by atoms with Crippen molar-refractivity contribution in [1.82, 2.24) is 19.8 Å². The number of hydrogen-bond donors (Lipinski definition) is 1. The van der Waals surface area contributed by atoms with Crippen LogP contribution in [0.2, 0.25) is 0 Å². The van der Waals surface area contributed by atoms with E-state index in [-0.39, 0.29) is 23.2 Å². The second-order valence-corrected chi connectivity index (χ2v) is 6.70. The van der Waals surface area contributed by atoms with Crippen LogP contribution in [0, 0.1) is 6.92 Å². The number of nitrogen functional groups attached to an aromatic ring is 1. The lowest BCUT2D eigenvalue weighted by Crippen LogP contribution is -2.24. The fraction of sp³-hybridized carbons (Fsp3) is 0.188. The first kappa shape index (κ1) is 18.1. The van der Waals surface area contributed by atoms with E-state index in [4.69, 9.17) is 5.73 Å². The maximum Gasteiger partial charge on any atom is 0.446 e. The number of hydrogen-bond acceptors (Lipinski definition) is 5. The SMILES string of the molecule is Cc1cc(Cn2nnn(-c3ccc(SC(F)(F)F)cc3)c2=O)ccc1N. The number of rotatable bonds is 4. The molecule has 136 valence electrons. The van der Waals surface area contributed by atoms with Crippen molar-refractivity contribution >= 4 is 17.4 Å². The summed E-state index contributed by atoms with van der Waals surface area (Å²) in [6.07, 6.45) is 0. The van der Waals surface area contributed by atoms with Gasteiger partial charge in [-0.15, -0.1) is 0 Å². The summed E-state index contributed by atoms with van der Waals surface area (Å²) < 4.78 is 39.3. The molecule has 0 aliphatic rings. The minimum Gasteiger partial charge on any atom is -0.399 e. The van der Waals surface area contributed by atoms with Gasteiger partial charge in [-0.1, -0.05) is 12.1 Å². The lowest BCUT2D eigenvalue weighted by molar-refractivity contribution is -0.0328. The second kappa shape index (κ2) is 6.87. The normalized spacial score (nSPS) is 11.7. The van der Waals surface area contributed by atoms with E-state index in [0.29, 0.717) is 11.4 Å². The van der Waals surface area contributed by atoms with Crippen molar-refractivity contribution < 1.29 is 13.2 Å². The van der Waals surface area contributed by atoms with Gasteiger partial charge in [0.25, 0.3) is 0 Å². The predicted octanol–water partition coefficient (Wildman–Crippen LogP) is 2.98. The van der Waals surface area contributed by atoms with Crippen LogP contribution in [0.5, 0.6) is 0 Å². The zero-order valence-electron chi connectivity index (χ0n) is 13.6. The first-order valence-electron chi connectivity index (χ1n) is 7.47. The number of tetrazole rings is 1. The van der Waals surface area contributed by atoms with Gasteiger partial charge in [0.1, 0.15) is 0 Å². The molecule has 10 heteroatoms. The molecule has 3 aromatic rings. The standard InChI is InChI=1S/C16H14F3N5OS/c1-10-8-11(2-7-14(10)20)9-23-15(25)24(22-21-23)12-3-5-13(6-4-12)26-16(17,18)19/h2-8H,9,20H2,1H3. The fourth-order valence-electron chi connectivity index (χ4n) is 2.33. The van der Waals surface area contributed by atoms with Crippen LogP contribution >= 0.6 is 11.8 Å². The molecule has 0 radical (unpaired) electrons. The highest BCUT2D eigenvalue weighted by molar-refractivity contribution is 8.00. The fourth-order valence-corrected chi connectivity index (χ4v) is 2.87. The zero-order chi connectivity index (χ0) is 18.9. The van der Waals surface area contributed by atoms with E-state index < -0.39 is 11.2 Å². The van der Waals surface area contributed by atoms with Crippen molar-refractivity contribution in [3.63, 3.8) is 0 Å². The molecular weight excluding hydrogens is 367 g/mol. The number of halogens is 3. The Balaban J connectivity index is 1.82. The van der Waals surface area contributed by atoms with Gasteiger partial charge in [0.2, 0.25) is 0 Å². The molecule has 1 heterocycles. The molecule has 0 aliphatic heterocycles. The Bertz CT molecular complexity index is 979. The number of thioether (sulfide) groups is 1. The van der Waals surface area contributed by atoms with Crippen molar-refractivity contribution in [3.05, 3.63) is 64.1 Å². The highest BCUT2D eigenvalue weighted by Gasteiger charge is 2.29. The number of anilines is 1. The lowest BCUT2D eigenvalue weighted by Gasteiger charge is -2.06. The monoisotopic (exact) mass is 381 g/mol. The number of alkyl halides is 3. The third-order valence-electron chi connectivity index (χ3n) is 3.62. The van der Waals surface area contributed by atoms with Crippen LogP contribution in [-0.2, 0) is 6.54 Å². The molecule has 6 nitrogen and oxygen atoms in total. The Labute approximate surface area is 150 Å². The van der Waals surface area contributed by atoms with Gasteiger partial charge < -0.3 is 5.73 Å². The molecule has 0 unspecified atom stereocenters. The van der Waals surface area contributed by atoms with Gasteiger partial charge >= 0.3 is 11.2 Å². The number of benzene rings is 2. The minimum absolute atomic E-state index is 0.0269. The van der Waals surface area contributed by atoms with Crippen molar-refractivity contribution in [2.24, 2.45) is 0 Å². The Hall–Kier alpha value is -2.75. The van der Waals surface area contributed by atoms with Crippen molar-refractivity contribution in [2.75, 3.05) is 5.73 Å². The predicted molar refractivity (Wildman–Crippen MR) is 92.2 cm³/mol. The number of aryl methyl sites for hydroxylation is 1. The first-order chi connectivity index (χ1) is 12.2. The van der Waals surface area contributed by atoms with E-state index in [9.17, 15) is 18.0 Å². The van der Waals surface area contributed by atoms with E-state index in [0.717, 1.165) is 15.8 Å². The average Bonchev–Trinajstić information content (AvgIpc) is 2.91. The maximum atomic E-state index is 12.4. The average molecular weight is 381 g/mol. The van der Waals surface area contributed by atoms with Gasteiger partial charge in [-0.05, 0) is 70.6 Å². The molecule has 1 aromatic heterocycles. The third-order valence-corrected chi connectivity index (χ3v) is 4.36. The van der Waals surface area contributed by atoms with E-state index >= 15 is 0 Å². The molecule has 0 saturated carbocycles. The van der Waals surface area contributed by atoms with E-state index in [2.05, 4.69) is 10.4 Å². The molecule has 26 heavy (non-hydrogen) atoms. The summed E-state index contributed by atoms with van der Waals surface area (Å²) in [6, 6.07) is 10.7. The summed E-state index contributed by atoms with van der Waals surface area (Å²) in [5.74, 6) is 0. The number of nitrogens with zero attached hydrogens (tertiary/aromatic N) is 4. The zero-order valence-corrected chi connectivity index (χ0v) is 14.4. The molecule has 0 spiro atoms. The second-order valence-electron chi connectivity index (χ2n) is 5.56. The van der Waals surface area contributed by atoms with Crippen LogP contribution < -0.4 is 11.4 Å². The van der Waals surface area contributed by atoms with E-state index in [1.54, 1.807) is 12.1 Å². The van der Waals surface area contributed by atoms with Crippen LogP contribution in [0.3, 0.4) is 0 Å². The van der Waals surface area contributed by atoms with E-state index in [1.807, 2.05) is 13.0 Å². The summed E-state index contributed by atoms with van der Waals surface area (Å²) in [5.41, 5.74) is 3.63. The van der Waals surface area contributed by atoms with Crippen molar-refractivity contribution in [1.29, 1.82) is 0 Å². The third kappa shape index (κ3) is 4.07. The molecule has 0 saturated heterocycles. The Morgan fingerprint density at radius 3 is 2.42 bits per heavy atom. The Morgan fingerprint density at radius 2 is 1.81 bits per heavy atom. The van der Waals surface area contributed by atoms with Crippen LogP contribution in [0.25, 0.3) is 5.69 Å². The summed E-state index contributed by atoms with van der Waals surface area (Å²) >= 11 is -0.221. The van der Waals surface area contributed by atoms with Crippen LogP contribution in [0.4, 0.5) is 18.9 Å². The van der Waals surface area contributed by atoms with Gasteiger partial charge in [-0.2, -0.15) is 22.5 Å². The van der Waals surface area contributed by atoms with Gasteiger partial charge in [0.15, 0.2) is 0 Å². The van der Waals surface area contributed by atoms with Crippen molar-refractivity contribution in [3.8, 4) is 5.69 Å². The number of aromatic nitrogens is 4. The summed E-state index contributed by atoms with van der Waals surface area (Å²) in [4.78, 5) is 12.5. The largest absolute Gasteiger partial charge is 0.446 e. The molecule has 0 fully saturated rings. The minimum atomic E-state index is -4.36. The molecule has 0 aliphatic carbocycles. The Morgan fingerprint density at radius 1 is 1.12 bits per heavy atom. The van der Waals surface area contributed by atoms with Gasteiger partial charge in [0.05, 0.1) is 12.2 Å². The van der Waals surface area contributed by atoms with E-state index in [1.165, 1.54) is 28.9 Å². The first-order valence-corrected chi connectivity index (χ1v) is 8.28. The molecule has 0 atom stereocenters. The molecule has 0 bridgehead atoms. The molecule has 2 aromatic carbocycles. The highest BCUT2D eigenvalue weighted by Crippen LogP contribution is 2.36. The van der Waals surface area contributed by atoms with Gasteiger partial charge in [-0.3, -0.25) is 0 Å². The molecule has 0 amide bonds. The topological polar surface area (TPSA) is 78.7 Å². The van der Waals surface area contributed by atoms with Crippen LogP contribution in [-0.4, -0.2) is 25.3 Å².